The van der Waals surface area contributed by atoms with Crippen molar-refractivity contribution in [3.63, 3.8) is 0 Å². The highest BCUT2D eigenvalue weighted by Gasteiger charge is 2.17. The van der Waals surface area contributed by atoms with E-state index in [2.05, 4.69) is 33.2 Å². The first-order valence-corrected chi connectivity index (χ1v) is 8.89. The van der Waals surface area contributed by atoms with Crippen LogP contribution in [0.3, 0.4) is 0 Å². The third-order valence-corrected chi connectivity index (χ3v) is 5.50. The highest BCUT2D eigenvalue weighted by atomic mass is 127. The van der Waals surface area contributed by atoms with Crippen LogP contribution in [0.2, 0.25) is 0 Å². The first-order chi connectivity index (χ1) is 11.0. The second kappa shape index (κ2) is 8.30. The Morgan fingerprint density at radius 3 is 2.61 bits per heavy atom. The number of hydrogen-bond acceptors (Lipinski definition) is 4. The lowest BCUT2D eigenvalue weighted by molar-refractivity contribution is -0.117. The molecule has 1 aromatic carbocycles. The van der Waals surface area contributed by atoms with Gasteiger partial charge in [-0.05, 0) is 53.6 Å². The fourth-order valence-electron chi connectivity index (χ4n) is 1.76. The molecule has 0 saturated carbocycles. The standard InChI is InChI=1S/C16H17IN2O3S/c1-10-8-13(23-14(10)17)19-15(20)11(2)18-16(21)22-9-12-6-4-3-5-7-12/h3-8,11H,9H2,1-2H3,(H,18,21)(H,19,20)/t11-/m0/s1. The number of nitrogens with one attached hydrogen (secondary N) is 2. The number of ether oxygens (including phenoxy) is 1. The van der Waals surface area contributed by atoms with E-state index in [1.54, 1.807) is 6.92 Å². The molecule has 7 heteroatoms. The summed E-state index contributed by atoms with van der Waals surface area (Å²) in [6.07, 6.45) is -0.617. The van der Waals surface area contributed by atoms with Crippen LogP contribution < -0.4 is 10.6 Å². The molecule has 2 amide bonds. The molecule has 0 aliphatic carbocycles. The summed E-state index contributed by atoms with van der Waals surface area (Å²) in [4.78, 5) is 23.8. The molecule has 0 unspecified atom stereocenters. The zero-order valence-electron chi connectivity index (χ0n) is 12.8. The van der Waals surface area contributed by atoms with E-state index in [0.717, 1.165) is 19.0 Å². The lowest BCUT2D eigenvalue weighted by atomic mass is 10.2. The molecule has 2 aromatic rings. The zero-order valence-corrected chi connectivity index (χ0v) is 15.7. The summed E-state index contributed by atoms with van der Waals surface area (Å²) in [5.41, 5.74) is 2.01. The molecule has 0 saturated heterocycles. The Kier molecular flexibility index (Phi) is 6.40. The average Bonchev–Trinajstić information content (AvgIpc) is 2.84. The van der Waals surface area contributed by atoms with Crippen molar-refractivity contribution in [3.05, 3.63) is 50.4 Å². The van der Waals surface area contributed by atoms with E-state index in [4.69, 9.17) is 4.74 Å². The number of thiophene rings is 1. The maximum atomic E-state index is 12.1. The Bertz CT molecular complexity index is 668. The van der Waals surface area contributed by atoms with Gasteiger partial charge in [0.05, 0.1) is 7.88 Å². The van der Waals surface area contributed by atoms with Gasteiger partial charge in [0.1, 0.15) is 12.6 Å². The van der Waals surface area contributed by atoms with Crippen LogP contribution in [-0.2, 0) is 16.1 Å². The van der Waals surface area contributed by atoms with Crippen molar-refractivity contribution in [1.82, 2.24) is 5.32 Å². The third kappa shape index (κ3) is 5.51. The number of anilines is 1. The lowest BCUT2D eigenvalue weighted by Crippen LogP contribution is -2.41. The van der Waals surface area contributed by atoms with Crippen LogP contribution in [0.4, 0.5) is 9.80 Å². The summed E-state index contributed by atoms with van der Waals surface area (Å²) in [5.74, 6) is -0.278. The molecule has 0 radical (unpaired) electrons. The predicted octanol–water partition coefficient (Wildman–Crippen LogP) is 3.91. The normalized spacial score (nSPS) is 11.6. The number of carbonyl (C=O) groups is 2. The molecular weight excluding hydrogens is 427 g/mol. The predicted molar refractivity (Wildman–Crippen MR) is 99.6 cm³/mol. The van der Waals surface area contributed by atoms with Crippen molar-refractivity contribution in [3.8, 4) is 0 Å². The molecule has 2 N–H and O–H groups in total. The van der Waals surface area contributed by atoms with E-state index in [9.17, 15) is 9.59 Å². The van der Waals surface area contributed by atoms with Gasteiger partial charge in [0.15, 0.2) is 0 Å². The Hall–Kier alpha value is -1.61. The fraction of sp³-hybridized carbons (Fsp3) is 0.250. The zero-order chi connectivity index (χ0) is 16.8. The first kappa shape index (κ1) is 17.7. The molecule has 5 nitrogen and oxygen atoms in total. The van der Waals surface area contributed by atoms with Gasteiger partial charge in [0.25, 0.3) is 0 Å². The molecule has 0 bridgehead atoms. The smallest absolute Gasteiger partial charge is 0.408 e. The van der Waals surface area contributed by atoms with Gasteiger partial charge in [-0.25, -0.2) is 4.79 Å². The van der Waals surface area contributed by atoms with Crippen molar-refractivity contribution in [2.24, 2.45) is 0 Å². The maximum absolute atomic E-state index is 12.1. The van der Waals surface area contributed by atoms with Crippen LogP contribution >= 0.6 is 33.9 Å². The van der Waals surface area contributed by atoms with Crippen molar-refractivity contribution in [2.45, 2.75) is 26.5 Å². The van der Waals surface area contributed by atoms with E-state index >= 15 is 0 Å². The number of aryl methyl sites for hydroxylation is 1. The largest absolute Gasteiger partial charge is 0.445 e. The fourth-order valence-corrected chi connectivity index (χ4v) is 3.43. The third-order valence-electron chi connectivity index (χ3n) is 3.04. The van der Waals surface area contributed by atoms with Crippen LogP contribution in [-0.4, -0.2) is 18.0 Å². The molecular formula is C16H17IN2O3S. The molecule has 0 spiro atoms. The van der Waals surface area contributed by atoms with Crippen LogP contribution in [0.1, 0.15) is 18.1 Å². The lowest BCUT2D eigenvalue weighted by Gasteiger charge is -2.13. The average molecular weight is 444 g/mol. The van der Waals surface area contributed by atoms with E-state index < -0.39 is 12.1 Å². The monoisotopic (exact) mass is 444 g/mol. The Morgan fingerprint density at radius 2 is 2.00 bits per heavy atom. The van der Waals surface area contributed by atoms with Gasteiger partial charge in [-0.2, -0.15) is 0 Å². The molecule has 0 aliphatic heterocycles. The summed E-state index contributed by atoms with van der Waals surface area (Å²) < 4.78 is 6.22. The van der Waals surface area contributed by atoms with Gasteiger partial charge in [0, 0.05) is 0 Å². The van der Waals surface area contributed by atoms with E-state index in [1.807, 2.05) is 43.3 Å². The summed E-state index contributed by atoms with van der Waals surface area (Å²) >= 11 is 3.72. The number of alkyl carbamates (subject to hydrolysis) is 1. The number of rotatable bonds is 5. The molecule has 23 heavy (non-hydrogen) atoms. The van der Waals surface area contributed by atoms with Crippen molar-refractivity contribution >= 4 is 50.9 Å². The van der Waals surface area contributed by atoms with Crippen LogP contribution in [0, 0.1) is 9.81 Å². The SMILES string of the molecule is Cc1cc(NC(=O)[C@H](C)NC(=O)OCc2ccccc2)sc1I. The molecule has 1 aromatic heterocycles. The molecule has 0 aliphatic rings. The quantitative estimate of drug-likeness (QED) is 0.688. The summed E-state index contributed by atoms with van der Waals surface area (Å²) in [6.45, 7) is 3.77. The molecule has 1 atom stereocenters. The van der Waals surface area contributed by atoms with Crippen LogP contribution in [0.5, 0.6) is 0 Å². The summed E-state index contributed by atoms with van der Waals surface area (Å²) in [7, 11) is 0. The highest BCUT2D eigenvalue weighted by molar-refractivity contribution is 14.1. The van der Waals surface area contributed by atoms with Crippen molar-refractivity contribution in [1.29, 1.82) is 0 Å². The topological polar surface area (TPSA) is 67.4 Å². The minimum atomic E-state index is -0.682. The molecule has 122 valence electrons. The molecule has 2 rings (SSSR count). The number of carbonyl (C=O) groups excluding carboxylic acids is 2. The minimum Gasteiger partial charge on any atom is -0.445 e. The highest BCUT2D eigenvalue weighted by Crippen LogP contribution is 2.27. The molecule has 1 heterocycles. The Balaban J connectivity index is 1.79. The Labute approximate surface area is 152 Å². The first-order valence-electron chi connectivity index (χ1n) is 6.99. The minimum absolute atomic E-state index is 0.170. The number of hydrogen-bond donors (Lipinski definition) is 2. The van der Waals surface area contributed by atoms with Gasteiger partial charge in [0.2, 0.25) is 5.91 Å². The van der Waals surface area contributed by atoms with Gasteiger partial charge in [-0.1, -0.05) is 30.3 Å². The van der Waals surface area contributed by atoms with E-state index in [0.29, 0.717) is 0 Å². The Morgan fingerprint density at radius 1 is 1.30 bits per heavy atom. The molecule has 0 fully saturated rings. The van der Waals surface area contributed by atoms with Gasteiger partial charge in [-0.3, -0.25) is 4.79 Å². The second-order valence-corrected chi connectivity index (χ2v) is 7.85. The number of benzene rings is 1. The van der Waals surface area contributed by atoms with Gasteiger partial charge < -0.3 is 15.4 Å². The van der Waals surface area contributed by atoms with Crippen LogP contribution in [0.15, 0.2) is 36.4 Å². The number of amides is 2. The van der Waals surface area contributed by atoms with Crippen LogP contribution in [0.25, 0.3) is 0 Å². The summed E-state index contributed by atoms with van der Waals surface area (Å²) in [5, 5.41) is 6.07. The second-order valence-electron chi connectivity index (χ2n) is 4.98. The van der Waals surface area contributed by atoms with Gasteiger partial charge >= 0.3 is 6.09 Å². The van der Waals surface area contributed by atoms with Crippen molar-refractivity contribution in [2.75, 3.05) is 5.32 Å². The van der Waals surface area contributed by atoms with Gasteiger partial charge in [-0.15, -0.1) is 11.3 Å². The summed E-state index contributed by atoms with van der Waals surface area (Å²) in [6, 6.07) is 10.6. The number of halogens is 1. The maximum Gasteiger partial charge on any atom is 0.408 e. The van der Waals surface area contributed by atoms with E-state index in [1.165, 1.54) is 11.3 Å². The van der Waals surface area contributed by atoms with E-state index in [-0.39, 0.29) is 12.5 Å². The van der Waals surface area contributed by atoms with Crippen molar-refractivity contribution < 1.29 is 14.3 Å².